The number of carbonyl (C=O) groups is 1. The number of benzene rings is 1. The highest BCUT2D eigenvalue weighted by Gasteiger charge is 2.51. The van der Waals surface area contributed by atoms with Crippen LogP contribution in [0.1, 0.15) is 63.8 Å². The van der Waals surface area contributed by atoms with E-state index in [4.69, 9.17) is 4.74 Å². The van der Waals surface area contributed by atoms with Crippen molar-refractivity contribution in [3.05, 3.63) is 40.4 Å². The molecule has 4 aliphatic carbocycles. The van der Waals surface area contributed by atoms with Crippen LogP contribution in [0.3, 0.4) is 0 Å². The molecule has 5 nitrogen and oxygen atoms in total. The van der Waals surface area contributed by atoms with Gasteiger partial charge in [-0.2, -0.15) is 0 Å². The topological polar surface area (TPSA) is 72.0 Å². The average Bonchev–Trinajstić information content (AvgIpc) is 2.59. The molecule has 1 aromatic carbocycles. The van der Waals surface area contributed by atoms with Crippen molar-refractivity contribution in [1.29, 1.82) is 0 Å². The summed E-state index contributed by atoms with van der Waals surface area (Å²) in [7, 11) is 0. The summed E-state index contributed by atoms with van der Waals surface area (Å²) in [5, 5.41) is 0.549. The van der Waals surface area contributed by atoms with Gasteiger partial charge in [-0.1, -0.05) is 12.1 Å². The normalized spacial score (nSPS) is 32.6. The van der Waals surface area contributed by atoms with Crippen LogP contribution in [0.25, 0.3) is 10.9 Å². The summed E-state index contributed by atoms with van der Waals surface area (Å²) in [6, 6.07) is 7.21. The Hall–Kier alpha value is -2.17. The van der Waals surface area contributed by atoms with Gasteiger partial charge in [-0.15, -0.1) is 0 Å². The number of aromatic nitrogens is 2. The maximum Gasteiger partial charge on any atom is 0.307 e. The standard InChI is InChI=1S/C22H26N2O3/c1-13(20-23-18-5-3-2-4-17(18)21(26)24-20)27-19(25)12-22-9-14-6-15(10-22)8-16(7-14)11-22/h2-5,13-16H,6-12H2,1H3,(H,23,24,26)/t13-,14?,15?,16?,22?/m0/s1. The highest BCUT2D eigenvalue weighted by atomic mass is 16.5. The molecule has 0 saturated heterocycles. The molecule has 0 radical (unpaired) electrons. The van der Waals surface area contributed by atoms with Gasteiger partial charge >= 0.3 is 5.97 Å². The zero-order chi connectivity index (χ0) is 18.6. The lowest BCUT2D eigenvalue weighted by atomic mass is 9.49. The van der Waals surface area contributed by atoms with Gasteiger partial charge in [0.2, 0.25) is 0 Å². The number of hydrogen-bond donors (Lipinski definition) is 1. The van der Waals surface area contributed by atoms with Crippen LogP contribution >= 0.6 is 0 Å². The van der Waals surface area contributed by atoms with Gasteiger partial charge in [0.1, 0.15) is 0 Å². The van der Waals surface area contributed by atoms with Crippen molar-refractivity contribution >= 4 is 16.9 Å². The molecule has 4 fully saturated rings. The minimum atomic E-state index is -0.552. The second-order valence-electron chi connectivity index (χ2n) is 9.19. The van der Waals surface area contributed by atoms with Crippen LogP contribution in [0.15, 0.2) is 29.1 Å². The van der Waals surface area contributed by atoms with Gasteiger partial charge in [0.05, 0.1) is 17.3 Å². The smallest absolute Gasteiger partial charge is 0.307 e. The van der Waals surface area contributed by atoms with Gasteiger partial charge in [0.15, 0.2) is 11.9 Å². The molecule has 1 aromatic heterocycles. The first-order valence-corrected chi connectivity index (χ1v) is 10.2. The molecule has 0 amide bonds. The van der Waals surface area contributed by atoms with E-state index in [1.54, 1.807) is 19.1 Å². The van der Waals surface area contributed by atoms with Crippen molar-refractivity contribution in [2.24, 2.45) is 23.2 Å². The molecule has 27 heavy (non-hydrogen) atoms. The number of H-pyrrole nitrogens is 1. The van der Waals surface area contributed by atoms with E-state index in [0.29, 0.717) is 23.1 Å². The number of fused-ring (bicyclic) bond motifs is 1. The van der Waals surface area contributed by atoms with Gasteiger partial charge in [-0.05, 0) is 80.8 Å². The van der Waals surface area contributed by atoms with E-state index >= 15 is 0 Å². The fraction of sp³-hybridized carbons (Fsp3) is 0.591. The summed E-state index contributed by atoms with van der Waals surface area (Å²) in [6.45, 7) is 1.78. The van der Waals surface area contributed by atoms with Gasteiger partial charge < -0.3 is 9.72 Å². The molecule has 0 aliphatic heterocycles. The maximum atomic E-state index is 12.7. The first kappa shape index (κ1) is 17.0. The van der Waals surface area contributed by atoms with E-state index in [1.807, 2.05) is 12.1 Å². The van der Waals surface area contributed by atoms with E-state index in [0.717, 1.165) is 17.8 Å². The van der Waals surface area contributed by atoms with Gasteiger partial charge in [-0.25, -0.2) is 4.98 Å². The number of rotatable bonds is 4. The molecular formula is C22H26N2O3. The molecule has 0 unspecified atom stereocenters. The van der Waals surface area contributed by atoms with Crippen LogP contribution in [0.2, 0.25) is 0 Å². The molecule has 1 heterocycles. The minimum Gasteiger partial charge on any atom is -0.454 e. The van der Waals surface area contributed by atoms with E-state index in [9.17, 15) is 9.59 Å². The van der Waals surface area contributed by atoms with E-state index in [-0.39, 0.29) is 16.9 Å². The fourth-order valence-electron chi connectivity index (χ4n) is 6.40. The highest BCUT2D eigenvalue weighted by molar-refractivity contribution is 5.77. The molecule has 142 valence electrons. The Balaban J connectivity index is 1.30. The second kappa shape index (κ2) is 6.18. The Kier molecular flexibility index (Phi) is 3.88. The molecule has 6 rings (SSSR count). The second-order valence-corrected chi connectivity index (χ2v) is 9.19. The van der Waals surface area contributed by atoms with Gasteiger partial charge in [0.25, 0.3) is 5.56 Å². The van der Waals surface area contributed by atoms with Crippen LogP contribution in [0.5, 0.6) is 0 Å². The van der Waals surface area contributed by atoms with Crippen LogP contribution < -0.4 is 5.56 Å². The number of ether oxygens (including phenoxy) is 1. The Morgan fingerprint density at radius 1 is 1.19 bits per heavy atom. The number of para-hydroxylation sites is 1. The lowest BCUT2D eigenvalue weighted by molar-refractivity contribution is -0.157. The van der Waals surface area contributed by atoms with E-state index < -0.39 is 6.10 Å². The Bertz CT molecular complexity index is 913. The highest BCUT2D eigenvalue weighted by Crippen LogP contribution is 2.61. The third kappa shape index (κ3) is 3.07. The maximum absolute atomic E-state index is 12.7. The van der Waals surface area contributed by atoms with Gasteiger partial charge in [-0.3, -0.25) is 9.59 Å². The first-order chi connectivity index (χ1) is 13.0. The molecule has 1 atom stereocenters. The summed E-state index contributed by atoms with van der Waals surface area (Å²) in [5.41, 5.74) is 0.593. The first-order valence-electron chi connectivity index (χ1n) is 10.2. The predicted molar refractivity (Wildman–Crippen MR) is 102 cm³/mol. The number of nitrogens with zero attached hydrogens (tertiary/aromatic N) is 1. The molecule has 4 saturated carbocycles. The summed E-state index contributed by atoms with van der Waals surface area (Å²) < 4.78 is 5.71. The number of esters is 1. The summed E-state index contributed by atoms with van der Waals surface area (Å²) >= 11 is 0. The summed E-state index contributed by atoms with van der Waals surface area (Å²) in [4.78, 5) is 32.2. The van der Waals surface area contributed by atoms with Crippen molar-refractivity contribution in [2.45, 2.75) is 58.0 Å². The lowest BCUT2D eigenvalue weighted by Gasteiger charge is -2.56. The molecule has 2 aromatic rings. The van der Waals surface area contributed by atoms with Crippen LogP contribution in [0.4, 0.5) is 0 Å². The zero-order valence-corrected chi connectivity index (χ0v) is 15.7. The quantitative estimate of drug-likeness (QED) is 0.826. The minimum absolute atomic E-state index is 0.153. The van der Waals surface area contributed by atoms with Crippen molar-refractivity contribution in [1.82, 2.24) is 9.97 Å². The third-order valence-electron chi connectivity index (χ3n) is 7.01. The summed E-state index contributed by atoms with van der Waals surface area (Å²) in [5.74, 6) is 2.72. The van der Waals surface area contributed by atoms with Gasteiger partial charge in [0, 0.05) is 0 Å². The molecule has 1 N–H and O–H groups in total. The van der Waals surface area contributed by atoms with Crippen molar-refractivity contribution in [3.63, 3.8) is 0 Å². The molecule has 4 aliphatic rings. The molecule has 4 bridgehead atoms. The largest absolute Gasteiger partial charge is 0.454 e. The Morgan fingerprint density at radius 3 is 2.48 bits per heavy atom. The van der Waals surface area contributed by atoms with Crippen molar-refractivity contribution in [3.8, 4) is 0 Å². The van der Waals surface area contributed by atoms with Crippen LogP contribution in [0, 0.1) is 23.2 Å². The molecular weight excluding hydrogens is 340 g/mol. The zero-order valence-electron chi connectivity index (χ0n) is 15.7. The SMILES string of the molecule is C[C@H](OC(=O)CC12CC3CC(CC(C3)C1)C2)c1nc2ccccc2c(=O)[nH]1. The monoisotopic (exact) mass is 366 g/mol. The Labute approximate surface area is 158 Å². The van der Waals surface area contributed by atoms with Crippen LogP contribution in [-0.2, 0) is 9.53 Å². The number of carbonyl (C=O) groups excluding carboxylic acids is 1. The fourth-order valence-corrected chi connectivity index (χ4v) is 6.40. The van der Waals surface area contributed by atoms with Crippen molar-refractivity contribution < 1.29 is 9.53 Å². The van der Waals surface area contributed by atoms with Crippen LogP contribution in [-0.4, -0.2) is 15.9 Å². The predicted octanol–water partition coefficient (Wildman–Crippen LogP) is 4.13. The summed E-state index contributed by atoms with van der Waals surface area (Å²) in [6.07, 6.45) is 7.63. The van der Waals surface area contributed by atoms with E-state index in [2.05, 4.69) is 9.97 Å². The molecule has 5 heteroatoms. The number of nitrogens with one attached hydrogen (secondary N) is 1. The molecule has 0 spiro atoms. The van der Waals surface area contributed by atoms with Crippen molar-refractivity contribution in [2.75, 3.05) is 0 Å². The number of hydrogen-bond acceptors (Lipinski definition) is 4. The number of aromatic amines is 1. The Morgan fingerprint density at radius 2 is 1.81 bits per heavy atom. The third-order valence-corrected chi connectivity index (χ3v) is 7.01. The van der Waals surface area contributed by atoms with E-state index in [1.165, 1.54) is 38.5 Å². The lowest BCUT2D eigenvalue weighted by Crippen LogP contribution is -2.47. The average molecular weight is 366 g/mol.